The maximum atomic E-state index is 11.8. The molecule has 3 nitrogen and oxygen atoms in total. The summed E-state index contributed by atoms with van der Waals surface area (Å²) in [6.45, 7) is 0.544. The Morgan fingerprint density at radius 1 is 0.909 bits per heavy atom. The fourth-order valence-electron chi connectivity index (χ4n) is 2.60. The first-order chi connectivity index (χ1) is 10.8. The van der Waals surface area contributed by atoms with Gasteiger partial charge in [-0.1, -0.05) is 30.3 Å². The molecule has 0 N–H and O–H groups in total. The second-order valence-corrected chi connectivity index (χ2v) is 5.56. The summed E-state index contributed by atoms with van der Waals surface area (Å²) < 4.78 is 11.5. The Bertz CT molecular complexity index is 604. The molecule has 0 amide bonds. The van der Waals surface area contributed by atoms with Crippen LogP contribution >= 0.6 is 0 Å². The third-order valence-corrected chi connectivity index (χ3v) is 3.85. The molecule has 0 radical (unpaired) electrons. The van der Waals surface area contributed by atoms with Gasteiger partial charge in [-0.2, -0.15) is 0 Å². The number of benzene rings is 2. The molecule has 1 aliphatic carbocycles. The number of hydrogen-bond acceptors (Lipinski definition) is 3. The van der Waals surface area contributed by atoms with E-state index < -0.39 is 0 Å². The quantitative estimate of drug-likeness (QED) is 0.831. The van der Waals surface area contributed by atoms with E-state index in [-0.39, 0.29) is 11.9 Å². The fraction of sp³-hybridized carbons (Fsp3) is 0.316. The van der Waals surface area contributed by atoms with E-state index in [1.54, 1.807) is 0 Å². The van der Waals surface area contributed by atoms with E-state index in [0.29, 0.717) is 13.0 Å². The molecule has 1 unspecified atom stereocenters. The lowest BCUT2D eigenvalue weighted by Gasteiger charge is -2.21. The number of hydrogen-bond donors (Lipinski definition) is 0. The van der Waals surface area contributed by atoms with Gasteiger partial charge in [0.05, 0.1) is 0 Å². The minimum Gasteiger partial charge on any atom is -0.489 e. The van der Waals surface area contributed by atoms with Gasteiger partial charge in [-0.25, -0.2) is 0 Å². The smallest absolute Gasteiger partial charge is 0.173 e. The Hall–Kier alpha value is -2.29. The van der Waals surface area contributed by atoms with Crippen molar-refractivity contribution in [3.63, 3.8) is 0 Å². The highest BCUT2D eigenvalue weighted by molar-refractivity contribution is 5.84. The van der Waals surface area contributed by atoms with Crippen LogP contribution in [0.5, 0.6) is 11.5 Å². The third-order valence-electron chi connectivity index (χ3n) is 3.85. The topological polar surface area (TPSA) is 35.5 Å². The number of ketones is 1. The second kappa shape index (κ2) is 7.12. The molecule has 0 heterocycles. The van der Waals surface area contributed by atoms with Crippen molar-refractivity contribution in [2.24, 2.45) is 0 Å². The summed E-state index contributed by atoms with van der Waals surface area (Å²) in [5, 5.41) is 0. The number of carbonyl (C=O) groups excluding carboxylic acids is 1. The summed E-state index contributed by atoms with van der Waals surface area (Å²) >= 11 is 0. The van der Waals surface area contributed by atoms with Crippen LogP contribution in [0, 0.1) is 0 Å². The van der Waals surface area contributed by atoms with Gasteiger partial charge < -0.3 is 9.47 Å². The van der Waals surface area contributed by atoms with Crippen LogP contribution < -0.4 is 9.47 Å². The molecule has 0 saturated heterocycles. The average Bonchev–Trinajstić information content (AvgIpc) is 2.57. The zero-order valence-corrected chi connectivity index (χ0v) is 12.5. The summed E-state index contributed by atoms with van der Waals surface area (Å²) in [5.41, 5.74) is 1.13. The van der Waals surface area contributed by atoms with Crippen molar-refractivity contribution in [3.8, 4) is 11.5 Å². The van der Waals surface area contributed by atoms with Crippen LogP contribution in [-0.4, -0.2) is 11.9 Å². The zero-order chi connectivity index (χ0) is 15.2. The molecule has 114 valence electrons. The van der Waals surface area contributed by atoms with Gasteiger partial charge in [0.1, 0.15) is 18.1 Å². The second-order valence-electron chi connectivity index (χ2n) is 5.56. The van der Waals surface area contributed by atoms with E-state index in [1.807, 2.05) is 54.6 Å². The fourth-order valence-corrected chi connectivity index (χ4v) is 2.60. The first-order valence-electron chi connectivity index (χ1n) is 7.77. The maximum Gasteiger partial charge on any atom is 0.173 e. The van der Waals surface area contributed by atoms with Crippen molar-refractivity contribution in [3.05, 3.63) is 60.2 Å². The molecule has 2 aromatic rings. The molecule has 1 atom stereocenters. The van der Waals surface area contributed by atoms with Crippen molar-refractivity contribution < 1.29 is 14.3 Å². The molecule has 3 heteroatoms. The maximum absolute atomic E-state index is 11.8. The van der Waals surface area contributed by atoms with E-state index in [2.05, 4.69) is 0 Å². The molecular formula is C19H20O3. The van der Waals surface area contributed by atoms with Crippen LogP contribution in [0.1, 0.15) is 31.2 Å². The molecule has 1 fully saturated rings. The largest absolute Gasteiger partial charge is 0.489 e. The monoisotopic (exact) mass is 296 g/mol. The van der Waals surface area contributed by atoms with Crippen molar-refractivity contribution in [1.29, 1.82) is 0 Å². The molecule has 1 aliphatic rings. The van der Waals surface area contributed by atoms with Crippen LogP contribution in [0.25, 0.3) is 0 Å². The Kier molecular flexibility index (Phi) is 4.74. The van der Waals surface area contributed by atoms with Crippen LogP contribution in [0.4, 0.5) is 0 Å². The molecule has 0 spiro atoms. The van der Waals surface area contributed by atoms with Crippen LogP contribution in [0.3, 0.4) is 0 Å². The normalized spacial score (nSPS) is 18.0. The van der Waals surface area contributed by atoms with E-state index in [4.69, 9.17) is 9.47 Å². The highest BCUT2D eigenvalue weighted by atomic mass is 16.5. The Balaban J connectivity index is 1.55. The SMILES string of the molecule is O=C1CCCCC1Oc1ccc(OCc2ccccc2)cc1. The predicted octanol–water partition coefficient (Wildman–Crippen LogP) is 4.16. The lowest BCUT2D eigenvalue weighted by atomic mass is 9.96. The van der Waals surface area contributed by atoms with E-state index in [9.17, 15) is 4.79 Å². The Labute approximate surface area is 130 Å². The number of carbonyl (C=O) groups is 1. The lowest BCUT2D eigenvalue weighted by Crippen LogP contribution is -2.30. The van der Waals surface area contributed by atoms with Gasteiger partial charge in [-0.15, -0.1) is 0 Å². The summed E-state index contributed by atoms with van der Waals surface area (Å²) in [4.78, 5) is 11.8. The summed E-state index contributed by atoms with van der Waals surface area (Å²) in [6, 6.07) is 17.5. The van der Waals surface area contributed by atoms with Gasteiger partial charge in [0.25, 0.3) is 0 Å². The van der Waals surface area contributed by atoms with Crippen molar-refractivity contribution in [2.75, 3.05) is 0 Å². The summed E-state index contributed by atoms with van der Waals surface area (Å²) in [6.07, 6.45) is 3.25. The molecule has 3 rings (SSSR count). The molecule has 22 heavy (non-hydrogen) atoms. The van der Waals surface area contributed by atoms with Gasteiger partial charge in [-0.05, 0) is 49.1 Å². The van der Waals surface area contributed by atoms with Gasteiger partial charge in [0.2, 0.25) is 0 Å². The number of Topliss-reactive ketones (excluding diaryl/α,β-unsaturated/α-hetero) is 1. The number of ether oxygens (including phenoxy) is 2. The van der Waals surface area contributed by atoms with Crippen molar-refractivity contribution >= 4 is 5.78 Å². The van der Waals surface area contributed by atoms with Crippen molar-refractivity contribution in [1.82, 2.24) is 0 Å². The zero-order valence-electron chi connectivity index (χ0n) is 12.5. The molecule has 0 aromatic heterocycles. The minimum atomic E-state index is -0.273. The van der Waals surface area contributed by atoms with Crippen LogP contribution in [-0.2, 0) is 11.4 Å². The summed E-state index contributed by atoms with van der Waals surface area (Å²) in [7, 11) is 0. The van der Waals surface area contributed by atoms with Crippen LogP contribution in [0.2, 0.25) is 0 Å². The Morgan fingerprint density at radius 3 is 2.36 bits per heavy atom. The van der Waals surface area contributed by atoms with Gasteiger partial charge in [0, 0.05) is 6.42 Å². The predicted molar refractivity (Wildman–Crippen MR) is 85.1 cm³/mol. The minimum absolute atomic E-state index is 0.218. The molecule has 0 aliphatic heterocycles. The molecule has 0 bridgehead atoms. The van der Waals surface area contributed by atoms with E-state index >= 15 is 0 Å². The Morgan fingerprint density at radius 2 is 1.64 bits per heavy atom. The lowest BCUT2D eigenvalue weighted by molar-refractivity contribution is -0.127. The van der Waals surface area contributed by atoms with Crippen molar-refractivity contribution in [2.45, 2.75) is 38.4 Å². The highest BCUT2D eigenvalue weighted by Crippen LogP contribution is 2.23. The molecule has 2 aromatic carbocycles. The van der Waals surface area contributed by atoms with E-state index in [1.165, 1.54) is 0 Å². The first-order valence-corrected chi connectivity index (χ1v) is 7.77. The standard InChI is InChI=1S/C19H20O3/c20-18-8-4-5-9-19(18)22-17-12-10-16(11-13-17)21-14-15-6-2-1-3-7-15/h1-3,6-7,10-13,19H,4-5,8-9,14H2. The number of rotatable bonds is 5. The van der Waals surface area contributed by atoms with Gasteiger partial charge in [0.15, 0.2) is 11.9 Å². The van der Waals surface area contributed by atoms with Gasteiger partial charge in [-0.3, -0.25) is 4.79 Å². The first kappa shape index (κ1) is 14.6. The summed E-state index contributed by atoms with van der Waals surface area (Å²) in [5.74, 6) is 1.74. The third kappa shape index (κ3) is 3.88. The van der Waals surface area contributed by atoms with E-state index in [0.717, 1.165) is 36.3 Å². The van der Waals surface area contributed by atoms with Crippen LogP contribution in [0.15, 0.2) is 54.6 Å². The average molecular weight is 296 g/mol. The van der Waals surface area contributed by atoms with Gasteiger partial charge >= 0.3 is 0 Å². The molecular weight excluding hydrogens is 276 g/mol. The highest BCUT2D eigenvalue weighted by Gasteiger charge is 2.23. The molecule has 1 saturated carbocycles.